The van der Waals surface area contributed by atoms with Crippen LogP contribution in [0.3, 0.4) is 0 Å². The fourth-order valence-electron chi connectivity index (χ4n) is 1.40. The Hall–Kier alpha value is -2.01. The van der Waals surface area contributed by atoms with Crippen LogP contribution in [0.25, 0.3) is 11.1 Å². The Labute approximate surface area is 96.1 Å². The van der Waals surface area contributed by atoms with Crippen molar-refractivity contribution in [2.75, 3.05) is 11.5 Å². The number of H-pyrrole nitrogens is 1. The maximum Gasteiger partial charge on any atom is 0.262 e. The van der Waals surface area contributed by atoms with E-state index in [1.165, 1.54) is 0 Å². The molecular weight excluding hydrogens is 228 g/mol. The molecule has 0 fully saturated rings. The smallest absolute Gasteiger partial charge is 0.262 e. The number of anilines is 2. The normalized spacial score (nSPS) is 10.3. The fourth-order valence-corrected chi connectivity index (χ4v) is 1.53. The number of nitrogens with one attached hydrogen (secondary N) is 1. The summed E-state index contributed by atoms with van der Waals surface area (Å²) >= 11 is 5.75. The molecule has 0 spiro atoms. The number of rotatable bonds is 1. The van der Waals surface area contributed by atoms with Crippen molar-refractivity contribution in [1.82, 2.24) is 9.97 Å². The van der Waals surface area contributed by atoms with Crippen LogP contribution in [0.2, 0.25) is 5.02 Å². The van der Waals surface area contributed by atoms with Crippen molar-refractivity contribution in [1.29, 1.82) is 0 Å². The van der Waals surface area contributed by atoms with Gasteiger partial charge in [0.05, 0.1) is 5.56 Å². The van der Waals surface area contributed by atoms with Crippen molar-refractivity contribution >= 4 is 23.4 Å². The zero-order valence-electron chi connectivity index (χ0n) is 8.20. The Kier molecular flexibility index (Phi) is 2.54. The number of halogens is 1. The maximum absolute atomic E-state index is 11.7. The van der Waals surface area contributed by atoms with Crippen LogP contribution in [-0.2, 0) is 0 Å². The molecule has 6 heteroatoms. The van der Waals surface area contributed by atoms with Gasteiger partial charge in [0.15, 0.2) is 0 Å². The Balaban J connectivity index is 2.65. The Morgan fingerprint density at radius 1 is 1.19 bits per heavy atom. The largest absolute Gasteiger partial charge is 0.383 e. The van der Waals surface area contributed by atoms with Gasteiger partial charge in [-0.25, -0.2) is 0 Å². The monoisotopic (exact) mass is 236 g/mol. The topological polar surface area (TPSA) is 97.8 Å². The molecule has 0 amide bonds. The second-order valence-corrected chi connectivity index (χ2v) is 3.65. The third kappa shape index (κ3) is 1.85. The average Bonchev–Trinajstić information content (AvgIpc) is 2.19. The van der Waals surface area contributed by atoms with Crippen LogP contribution in [0.5, 0.6) is 0 Å². The van der Waals surface area contributed by atoms with Gasteiger partial charge in [-0.2, -0.15) is 4.98 Å². The van der Waals surface area contributed by atoms with Crippen molar-refractivity contribution in [3.05, 3.63) is 39.6 Å². The molecule has 2 rings (SSSR count). The number of hydrogen-bond acceptors (Lipinski definition) is 4. The molecule has 0 unspecified atom stereocenters. The van der Waals surface area contributed by atoms with E-state index in [1.54, 1.807) is 24.3 Å². The molecule has 0 aliphatic rings. The van der Waals surface area contributed by atoms with Crippen LogP contribution in [0, 0.1) is 0 Å². The van der Waals surface area contributed by atoms with Crippen molar-refractivity contribution < 1.29 is 0 Å². The second kappa shape index (κ2) is 3.86. The highest BCUT2D eigenvalue weighted by molar-refractivity contribution is 6.30. The molecule has 0 atom stereocenters. The van der Waals surface area contributed by atoms with Gasteiger partial charge < -0.3 is 11.5 Å². The summed E-state index contributed by atoms with van der Waals surface area (Å²) in [7, 11) is 0. The third-order valence-electron chi connectivity index (χ3n) is 2.10. The zero-order chi connectivity index (χ0) is 11.7. The summed E-state index contributed by atoms with van der Waals surface area (Å²) in [5, 5.41) is 0.585. The van der Waals surface area contributed by atoms with Crippen LogP contribution < -0.4 is 17.0 Å². The fraction of sp³-hybridized carbons (Fsp3) is 0. The van der Waals surface area contributed by atoms with Crippen LogP contribution in [0.15, 0.2) is 29.1 Å². The second-order valence-electron chi connectivity index (χ2n) is 3.22. The molecule has 2 aromatic rings. The Bertz CT molecular complexity index is 576. The van der Waals surface area contributed by atoms with E-state index in [9.17, 15) is 4.79 Å². The molecule has 1 aromatic heterocycles. The predicted octanol–water partition coefficient (Wildman–Crippen LogP) is 1.25. The van der Waals surface area contributed by atoms with Gasteiger partial charge >= 0.3 is 0 Å². The van der Waals surface area contributed by atoms with Gasteiger partial charge in [0.2, 0.25) is 5.95 Å². The van der Waals surface area contributed by atoms with Crippen molar-refractivity contribution in [2.24, 2.45) is 0 Å². The van der Waals surface area contributed by atoms with E-state index < -0.39 is 0 Å². The standard InChI is InChI=1S/C10H9ClN4O/c11-6-3-1-5(2-4-6)7-8(12)14-10(13)15-9(7)16/h1-4H,(H5,12,13,14,15,16). The first-order valence-electron chi connectivity index (χ1n) is 4.49. The minimum absolute atomic E-state index is 0.000198. The molecule has 0 radical (unpaired) electrons. The first-order chi connectivity index (χ1) is 7.58. The number of nitrogen functional groups attached to an aromatic ring is 2. The lowest BCUT2D eigenvalue weighted by atomic mass is 10.1. The molecular formula is C10H9ClN4O. The lowest BCUT2D eigenvalue weighted by Crippen LogP contribution is -2.16. The van der Waals surface area contributed by atoms with Gasteiger partial charge in [0.1, 0.15) is 5.82 Å². The quantitative estimate of drug-likeness (QED) is 0.694. The average molecular weight is 237 g/mol. The van der Waals surface area contributed by atoms with Gasteiger partial charge in [0.25, 0.3) is 5.56 Å². The number of nitrogens with two attached hydrogens (primary N) is 2. The van der Waals surface area contributed by atoms with E-state index in [4.69, 9.17) is 23.1 Å². The van der Waals surface area contributed by atoms with Crippen LogP contribution >= 0.6 is 11.6 Å². The minimum Gasteiger partial charge on any atom is -0.383 e. The van der Waals surface area contributed by atoms with Crippen molar-refractivity contribution in [3.8, 4) is 11.1 Å². The molecule has 0 aliphatic carbocycles. The first kappa shape index (κ1) is 10.5. The first-order valence-corrected chi connectivity index (χ1v) is 4.87. The van der Waals surface area contributed by atoms with Gasteiger partial charge in [0, 0.05) is 5.02 Å². The lowest BCUT2D eigenvalue weighted by Gasteiger charge is -2.04. The van der Waals surface area contributed by atoms with Gasteiger partial charge in [-0.05, 0) is 17.7 Å². The SMILES string of the molecule is Nc1nc(N)c(-c2ccc(Cl)cc2)c(=O)[nH]1. The Morgan fingerprint density at radius 3 is 2.38 bits per heavy atom. The van der Waals surface area contributed by atoms with Gasteiger partial charge in [-0.15, -0.1) is 0 Å². The minimum atomic E-state index is -0.368. The summed E-state index contributed by atoms with van der Waals surface area (Å²) in [6.45, 7) is 0. The van der Waals surface area contributed by atoms with E-state index in [0.29, 0.717) is 16.1 Å². The zero-order valence-corrected chi connectivity index (χ0v) is 8.95. The highest BCUT2D eigenvalue weighted by atomic mass is 35.5. The number of nitrogens with zero attached hydrogens (tertiary/aromatic N) is 1. The number of hydrogen-bond donors (Lipinski definition) is 3. The van der Waals surface area contributed by atoms with Crippen molar-refractivity contribution in [2.45, 2.75) is 0 Å². The van der Waals surface area contributed by atoms with E-state index in [-0.39, 0.29) is 17.3 Å². The summed E-state index contributed by atoms with van der Waals surface area (Å²) in [5.74, 6) is 0.101. The summed E-state index contributed by atoms with van der Waals surface area (Å²) in [6.07, 6.45) is 0. The molecule has 0 bridgehead atoms. The van der Waals surface area contributed by atoms with Crippen LogP contribution in [0.1, 0.15) is 0 Å². The Morgan fingerprint density at radius 2 is 1.81 bits per heavy atom. The molecule has 5 nitrogen and oxygen atoms in total. The third-order valence-corrected chi connectivity index (χ3v) is 2.35. The molecule has 1 aromatic carbocycles. The van der Waals surface area contributed by atoms with Crippen molar-refractivity contribution in [3.63, 3.8) is 0 Å². The molecule has 0 saturated heterocycles. The van der Waals surface area contributed by atoms with E-state index in [0.717, 1.165) is 0 Å². The molecule has 5 N–H and O–H groups in total. The van der Waals surface area contributed by atoms with E-state index >= 15 is 0 Å². The van der Waals surface area contributed by atoms with E-state index in [2.05, 4.69) is 9.97 Å². The lowest BCUT2D eigenvalue weighted by molar-refractivity contribution is 1.15. The van der Waals surface area contributed by atoms with Gasteiger partial charge in [-0.3, -0.25) is 9.78 Å². The number of aromatic nitrogens is 2. The van der Waals surface area contributed by atoms with E-state index in [1.807, 2.05) is 0 Å². The maximum atomic E-state index is 11.7. The summed E-state index contributed by atoms with van der Waals surface area (Å²) < 4.78 is 0. The molecule has 0 aliphatic heterocycles. The summed E-state index contributed by atoms with van der Waals surface area (Å²) in [4.78, 5) is 17.8. The highest BCUT2D eigenvalue weighted by Gasteiger charge is 2.09. The summed E-state index contributed by atoms with van der Waals surface area (Å²) in [6, 6.07) is 6.74. The van der Waals surface area contributed by atoms with Crippen LogP contribution in [-0.4, -0.2) is 9.97 Å². The molecule has 16 heavy (non-hydrogen) atoms. The number of benzene rings is 1. The molecule has 82 valence electrons. The molecule has 0 saturated carbocycles. The van der Waals surface area contributed by atoms with Gasteiger partial charge in [-0.1, -0.05) is 23.7 Å². The highest BCUT2D eigenvalue weighted by Crippen LogP contribution is 2.22. The van der Waals surface area contributed by atoms with Crippen LogP contribution in [0.4, 0.5) is 11.8 Å². The molecule has 1 heterocycles. The number of aromatic amines is 1. The predicted molar refractivity (Wildman–Crippen MR) is 64.1 cm³/mol. The summed E-state index contributed by atoms with van der Waals surface area (Å²) in [5.41, 5.74) is 11.6.